The number of carbonyl (C=O) groups excluding carboxylic acids is 1. The van der Waals surface area contributed by atoms with Gasteiger partial charge in [-0.3, -0.25) is 4.79 Å². The Balaban J connectivity index is 0. The Morgan fingerprint density at radius 2 is 1.65 bits per heavy atom. The van der Waals surface area contributed by atoms with Gasteiger partial charge in [-0.2, -0.15) is 0 Å². The van der Waals surface area contributed by atoms with Crippen LogP contribution in [0.15, 0.2) is 0 Å². The molecule has 0 aromatic heterocycles. The van der Waals surface area contributed by atoms with Crippen LogP contribution in [0, 0.1) is 0 Å². The second-order valence-electron chi connectivity index (χ2n) is 3.97. The normalized spacial score (nSPS) is 9.47. The number of carbonyl (C=O) groups is 1. The van der Waals surface area contributed by atoms with Gasteiger partial charge < -0.3 is 9.64 Å². The average Bonchev–Trinajstić information content (AvgIpc) is 2.34. The van der Waals surface area contributed by atoms with Crippen LogP contribution in [0.3, 0.4) is 0 Å². The van der Waals surface area contributed by atoms with Crippen molar-refractivity contribution in [3.8, 4) is 0 Å². The fraction of sp³-hybridized carbons (Fsp3) is 0.929. The van der Waals surface area contributed by atoms with E-state index in [1.807, 2.05) is 20.9 Å². The van der Waals surface area contributed by atoms with Crippen LogP contribution in [0.1, 0.15) is 59.8 Å². The van der Waals surface area contributed by atoms with Gasteiger partial charge in [0, 0.05) is 33.7 Å². The molecule has 0 fully saturated rings. The molecular weight excluding hydrogens is 214 g/mol. The lowest BCUT2D eigenvalue weighted by molar-refractivity contribution is -0.127. The summed E-state index contributed by atoms with van der Waals surface area (Å²) >= 11 is 0. The molecule has 1 amide bonds. The first-order valence-corrected chi connectivity index (χ1v) is 6.98. The van der Waals surface area contributed by atoms with E-state index in [-0.39, 0.29) is 5.91 Å². The summed E-state index contributed by atoms with van der Waals surface area (Å²) in [5, 5.41) is 0. The van der Waals surface area contributed by atoms with Crippen molar-refractivity contribution in [2.45, 2.75) is 59.8 Å². The van der Waals surface area contributed by atoms with Crippen LogP contribution in [0.2, 0.25) is 0 Å². The van der Waals surface area contributed by atoms with Crippen LogP contribution in [0.4, 0.5) is 0 Å². The molecule has 0 N–H and O–H groups in total. The zero-order valence-corrected chi connectivity index (χ0v) is 12.4. The lowest BCUT2D eigenvalue weighted by Crippen LogP contribution is -2.25. The third-order valence-electron chi connectivity index (χ3n) is 2.46. The van der Waals surface area contributed by atoms with E-state index >= 15 is 0 Å². The second-order valence-corrected chi connectivity index (χ2v) is 3.97. The third kappa shape index (κ3) is 15.4. The van der Waals surface area contributed by atoms with Crippen molar-refractivity contribution in [2.75, 3.05) is 26.8 Å². The van der Waals surface area contributed by atoms with Crippen LogP contribution in [-0.4, -0.2) is 37.6 Å². The summed E-state index contributed by atoms with van der Waals surface area (Å²) in [7, 11) is 1.82. The quantitative estimate of drug-likeness (QED) is 0.582. The van der Waals surface area contributed by atoms with Gasteiger partial charge in [0.1, 0.15) is 0 Å². The van der Waals surface area contributed by atoms with E-state index in [9.17, 15) is 4.79 Å². The van der Waals surface area contributed by atoms with E-state index in [1.54, 1.807) is 11.8 Å². The molecule has 3 heteroatoms. The van der Waals surface area contributed by atoms with Crippen molar-refractivity contribution in [3.05, 3.63) is 0 Å². The number of hydrogen-bond acceptors (Lipinski definition) is 2. The van der Waals surface area contributed by atoms with E-state index in [2.05, 4.69) is 6.92 Å². The highest BCUT2D eigenvalue weighted by Crippen LogP contribution is 1.99. The largest absolute Gasteiger partial charge is 0.381 e. The molecule has 17 heavy (non-hydrogen) atoms. The van der Waals surface area contributed by atoms with Gasteiger partial charge in [0.25, 0.3) is 0 Å². The van der Waals surface area contributed by atoms with Crippen LogP contribution in [-0.2, 0) is 9.53 Å². The Morgan fingerprint density at radius 1 is 1.06 bits per heavy atom. The Bertz CT molecular complexity index is 160. The number of unbranched alkanes of at least 4 members (excludes halogenated alkanes) is 3. The molecule has 0 spiro atoms. The van der Waals surface area contributed by atoms with E-state index in [1.165, 1.54) is 19.3 Å². The maximum atomic E-state index is 10.9. The minimum Gasteiger partial charge on any atom is -0.381 e. The van der Waals surface area contributed by atoms with E-state index in [4.69, 9.17) is 4.74 Å². The fourth-order valence-electron chi connectivity index (χ4n) is 1.29. The van der Waals surface area contributed by atoms with Crippen molar-refractivity contribution in [1.29, 1.82) is 0 Å². The SMILES string of the molecule is CC.CCCCCCOCCCN(C)C(C)=O. The average molecular weight is 245 g/mol. The Labute approximate surface area is 108 Å². The van der Waals surface area contributed by atoms with Crippen LogP contribution in [0.25, 0.3) is 0 Å². The molecular formula is C14H31NO2. The first-order valence-electron chi connectivity index (χ1n) is 6.98. The predicted molar refractivity (Wildman–Crippen MR) is 74.2 cm³/mol. The van der Waals surface area contributed by atoms with Crippen molar-refractivity contribution >= 4 is 5.91 Å². The van der Waals surface area contributed by atoms with Crippen molar-refractivity contribution < 1.29 is 9.53 Å². The summed E-state index contributed by atoms with van der Waals surface area (Å²) < 4.78 is 5.47. The third-order valence-corrected chi connectivity index (χ3v) is 2.46. The van der Waals surface area contributed by atoms with Gasteiger partial charge in [0.2, 0.25) is 5.91 Å². The summed E-state index contributed by atoms with van der Waals surface area (Å²) in [5.74, 6) is 0.123. The minimum absolute atomic E-state index is 0.123. The van der Waals surface area contributed by atoms with Gasteiger partial charge in [-0.1, -0.05) is 40.0 Å². The van der Waals surface area contributed by atoms with Crippen LogP contribution in [0.5, 0.6) is 0 Å². The van der Waals surface area contributed by atoms with Crippen LogP contribution >= 0.6 is 0 Å². The number of nitrogens with zero attached hydrogens (tertiary/aromatic N) is 1. The smallest absolute Gasteiger partial charge is 0.219 e. The number of amides is 1. The van der Waals surface area contributed by atoms with Gasteiger partial charge in [0.05, 0.1) is 0 Å². The highest BCUT2D eigenvalue weighted by molar-refractivity contribution is 5.72. The summed E-state index contributed by atoms with van der Waals surface area (Å²) in [6, 6.07) is 0. The molecule has 3 nitrogen and oxygen atoms in total. The van der Waals surface area contributed by atoms with Crippen molar-refractivity contribution in [3.63, 3.8) is 0 Å². The number of hydrogen-bond donors (Lipinski definition) is 0. The topological polar surface area (TPSA) is 29.5 Å². The van der Waals surface area contributed by atoms with Gasteiger partial charge in [0.15, 0.2) is 0 Å². The highest BCUT2D eigenvalue weighted by atomic mass is 16.5. The van der Waals surface area contributed by atoms with Gasteiger partial charge >= 0.3 is 0 Å². The first kappa shape index (κ1) is 18.8. The lowest BCUT2D eigenvalue weighted by Gasteiger charge is -2.14. The molecule has 0 aromatic carbocycles. The predicted octanol–water partition coefficient (Wildman–Crippen LogP) is 3.48. The second kappa shape index (κ2) is 15.4. The zero-order chi connectivity index (χ0) is 13.5. The highest BCUT2D eigenvalue weighted by Gasteiger charge is 2.00. The van der Waals surface area contributed by atoms with Crippen LogP contribution < -0.4 is 0 Å². The Kier molecular flexibility index (Phi) is 17.1. The monoisotopic (exact) mass is 245 g/mol. The first-order chi connectivity index (χ1) is 8.18. The molecule has 0 atom stereocenters. The standard InChI is InChI=1S/C12H25NO2.C2H6/c1-4-5-6-7-10-15-11-8-9-13(3)12(2)14;1-2/h4-11H2,1-3H3;1-2H3. The fourth-order valence-corrected chi connectivity index (χ4v) is 1.29. The molecule has 0 aliphatic heterocycles. The van der Waals surface area contributed by atoms with E-state index in [0.717, 1.165) is 32.6 Å². The lowest BCUT2D eigenvalue weighted by atomic mass is 10.2. The molecule has 0 aromatic rings. The van der Waals surface area contributed by atoms with Gasteiger partial charge in [-0.05, 0) is 12.8 Å². The maximum Gasteiger partial charge on any atom is 0.219 e. The molecule has 0 saturated carbocycles. The number of rotatable bonds is 9. The molecule has 0 aliphatic rings. The molecule has 0 heterocycles. The van der Waals surface area contributed by atoms with Crippen molar-refractivity contribution in [1.82, 2.24) is 4.90 Å². The zero-order valence-electron chi connectivity index (χ0n) is 12.4. The van der Waals surface area contributed by atoms with Gasteiger partial charge in [-0.25, -0.2) is 0 Å². The molecule has 0 bridgehead atoms. The molecule has 0 unspecified atom stereocenters. The maximum absolute atomic E-state index is 10.9. The van der Waals surface area contributed by atoms with Crippen molar-refractivity contribution in [2.24, 2.45) is 0 Å². The van der Waals surface area contributed by atoms with E-state index < -0.39 is 0 Å². The molecule has 0 radical (unpaired) electrons. The van der Waals surface area contributed by atoms with E-state index in [0.29, 0.717) is 0 Å². The minimum atomic E-state index is 0.123. The molecule has 0 saturated heterocycles. The summed E-state index contributed by atoms with van der Waals surface area (Å²) in [6.45, 7) is 10.2. The number of ether oxygens (including phenoxy) is 1. The van der Waals surface area contributed by atoms with Gasteiger partial charge in [-0.15, -0.1) is 0 Å². The Hall–Kier alpha value is -0.570. The molecule has 104 valence electrons. The summed E-state index contributed by atoms with van der Waals surface area (Å²) in [4.78, 5) is 12.6. The summed E-state index contributed by atoms with van der Waals surface area (Å²) in [5.41, 5.74) is 0. The Morgan fingerprint density at radius 3 is 2.18 bits per heavy atom. The molecule has 0 rings (SSSR count). The summed E-state index contributed by atoms with van der Waals surface area (Å²) in [6.07, 6.45) is 5.93. The molecule has 0 aliphatic carbocycles.